The number of carbonyl (C=O) groups excluding carboxylic acids is 5. The lowest BCUT2D eigenvalue weighted by atomic mass is 10.1. The molecule has 2 atom stereocenters. The largest absolute Gasteiger partial charge is 0.463 e. The van der Waals surface area contributed by atoms with Crippen LogP contribution in [0.5, 0.6) is 0 Å². The minimum absolute atomic E-state index is 0. The number of aldehydes is 1. The number of thiophene rings is 1. The fraction of sp³-hybridized carbons (Fsp3) is 0.400. The van der Waals surface area contributed by atoms with E-state index in [1.54, 1.807) is 0 Å². The first kappa shape index (κ1) is 32.2. The van der Waals surface area contributed by atoms with Crippen molar-refractivity contribution in [2.45, 2.75) is 18.6 Å². The average molecular weight is 633 g/mol. The summed E-state index contributed by atoms with van der Waals surface area (Å²) in [5, 5.41) is 0. The van der Waals surface area contributed by atoms with E-state index < -0.39 is 35.9 Å². The van der Waals surface area contributed by atoms with Gasteiger partial charge in [0.15, 0.2) is 0 Å². The van der Waals surface area contributed by atoms with Gasteiger partial charge in [0, 0.05) is 18.7 Å². The molecule has 41 heavy (non-hydrogen) atoms. The second-order valence-electron chi connectivity index (χ2n) is 8.85. The molecule has 3 heterocycles. The first-order valence-electron chi connectivity index (χ1n) is 12.2. The van der Waals surface area contributed by atoms with Crippen LogP contribution in [0, 0.1) is 5.82 Å². The van der Waals surface area contributed by atoms with Crippen molar-refractivity contribution >= 4 is 76.9 Å². The van der Waals surface area contributed by atoms with Gasteiger partial charge in [-0.15, -0.1) is 23.7 Å². The van der Waals surface area contributed by atoms with Gasteiger partial charge in [-0.1, -0.05) is 11.6 Å². The molecule has 0 spiro atoms. The molecular formula is C25H27Cl2FN4O8S. The molecule has 1 aromatic carbocycles. The van der Waals surface area contributed by atoms with Gasteiger partial charge in [0.25, 0.3) is 11.8 Å². The Morgan fingerprint density at radius 3 is 2.68 bits per heavy atom. The Bertz CT molecular complexity index is 1300. The first-order chi connectivity index (χ1) is 19.2. The number of esters is 1. The van der Waals surface area contributed by atoms with Gasteiger partial charge in [0.2, 0.25) is 0 Å². The van der Waals surface area contributed by atoms with Crippen LogP contribution in [0.3, 0.4) is 0 Å². The molecule has 2 saturated heterocycles. The predicted molar refractivity (Wildman–Crippen MR) is 149 cm³/mol. The zero-order valence-electron chi connectivity index (χ0n) is 21.5. The van der Waals surface area contributed by atoms with E-state index in [1.807, 2.05) is 0 Å². The number of cyclic esters (lactones) is 1. The monoisotopic (exact) mass is 632 g/mol. The third-order valence-electron chi connectivity index (χ3n) is 6.25. The van der Waals surface area contributed by atoms with E-state index in [0.29, 0.717) is 22.9 Å². The predicted octanol–water partition coefficient (Wildman–Crippen LogP) is 2.25. The standard InChI is InChI=1S/C25H26ClFN4O8S.ClH/c26-21-4-3-20(40-21)24(35)30(16(5-7-32)13-38-23(34)10-28)11-17-12-31(25(36)39-17)19-2-1-15(9-18(19)27)29-6-8-37-14-22(29)33;/h1-4,7,9,16-17H,5-6,8,10-14,28H2;1H/t16?,17-;/m0./s1. The summed E-state index contributed by atoms with van der Waals surface area (Å²) in [6.45, 7) is -0.519. The smallest absolute Gasteiger partial charge is 0.414 e. The van der Waals surface area contributed by atoms with Crippen LogP contribution in [-0.2, 0) is 28.6 Å². The maximum absolute atomic E-state index is 15.1. The van der Waals surface area contributed by atoms with E-state index >= 15 is 4.39 Å². The van der Waals surface area contributed by atoms with E-state index in [0.717, 1.165) is 22.3 Å². The van der Waals surface area contributed by atoms with Crippen LogP contribution in [0.25, 0.3) is 0 Å². The van der Waals surface area contributed by atoms with Gasteiger partial charge in [0.05, 0.1) is 47.2 Å². The van der Waals surface area contributed by atoms with Crippen LogP contribution in [-0.4, -0.2) is 93.2 Å². The summed E-state index contributed by atoms with van der Waals surface area (Å²) in [7, 11) is 0. The number of nitrogens with zero attached hydrogens (tertiary/aromatic N) is 3. The quantitative estimate of drug-likeness (QED) is 0.291. The SMILES string of the molecule is Cl.NCC(=O)OCC(CC=O)N(C[C@H]1CN(c2ccc(N3CCOCC3=O)cc2F)C(=O)O1)C(=O)c1ccc(Cl)s1. The second kappa shape index (κ2) is 14.5. The summed E-state index contributed by atoms with van der Waals surface area (Å²) < 4.78 is 31.2. The average Bonchev–Trinajstić information content (AvgIpc) is 3.54. The van der Waals surface area contributed by atoms with Gasteiger partial charge >= 0.3 is 12.1 Å². The number of morpholine rings is 1. The van der Waals surface area contributed by atoms with Crippen LogP contribution >= 0.6 is 35.3 Å². The molecule has 16 heteroatoms. The van der Waals surface area contributed by atoms with Crippen LogP contribution in [0.1, 0.15) is 16.1 Å². The highest BCUT2D eigenvalue weighted by atomic mass is 35.5. The van der Waals surface area contributed by atoms with Crippen molar-refractivity contribution < 1.29 is 42.6 Å². The number of carbonyl (C=O) groups is 5. The minimum Gasteiger partial charge on any atom is -0.463 e. The molecule has 12 nitrogen and oxygen atoms in total. The van der Waals surface area contributed by atoms with Gasteiger partial charge in [-0.05, 0) is 30.3 Å². The van der Waals surface area contributed by atoms with E-state index in [1.165, 1.54) is 34.1 Å². The number of amides is 3. The minimum atomic E-state index is -0.911. The molecule has 0 bridgehead atoms. The number of rotatable bonds is 11. The molecule has 2 fully saturated rings. The Morgan fingerprint density at radius 2 is 2.05 bits per heavy atom. The molecule has 222 valence electrons. The third-order valence-corrected chi connectivity index (χ3v) is 7.47. The highest BCUT2D eigenvalue weighted by molar-refractivity contribution is 7.18. The normalized spacial score (nSPS) is 17.5. The van der Waals surface area contributed by atoms with Crippen molar-refractivity contribution in [3.8, 4) is 0 Å². The molecule has 3 amide bonds. The highest BCUT2D eigenvalue weighted by Crippen LogP contribution is 2.30. The van der Waals surface area contributed by atoms with Crippen LogP contribution in [0.2, 0.25) is 4.34 Å². The second-order valence-corrected chi connectivity index (χ2v) is 10.6. The fourth-order valence-corrected chi connectivity index (χ4v) is 5.32. The third kappa shape index (κ3) is 7.71. The van der Waals surface area contributed by atoms with E-state index in [4.69, 9.17) is 31.5 Å². The molecule has 2 aliphatic heterocycles. The zero-order chi connectivity index (χ0) is 28.8. The number of halogens is 3. The molecule has 1 aromatic heterocycles. The van der Waals surface area contributed by atoms with Crippen molar-refractivity contribution in [3.05, 3.63) is 45.4 Å². The van der Waals surface area contributed by atoms with Gasteiger partial charge in [-0.25, -0.2) is 9.18 Å². The molecule has 0 radical (unpaired) electrons. The van der Waals surface area contributed by atoms with Crippen molar-refractivity contribution in [1.82, 2.24) is 4.90 Å². The lowest BCUT2D eigenvalue weighted by Gasteiger charge is -2.31. The number of ether oxygens (including phenoxy) is 3. The number of hydrogen-bond donors (Lipinski definition) is 1. The van der Waals surface area contributed by atoms with Gasteiger partial charge in [-0.3, -0.25) is 19.3 Å². The topological polar surface area (TPSA) is 149 Å². The number of anilines is 2. The molecule has 2 N–H and O–H groups in total. The molecule has 1 unspecified atom stereocenters. The van der Waals surface area contributed by atoms with Crippen LogP contribution in [0.4, 0.5) is 20.6 Å². The van der Waals surface area contributed by atoms with Crippen LogP contribution < -0.4 is 15.5 Å². The van der Waals surface area contributed by atoms with Crippen LogP contribution in [0.15, 0.2) is 30.3 Å². The molecule has 4 rings (SSSR count). The first-order valence-corrected chi connectivity index (χ1v) is 13.4. The van der Waals surface area contributed by atoms with Gasteiger partial charge < -0.3 is 34.5 Å². The Hall–Kier alpha value is -3.30. The summed E-state index contributed by atoms with van der Waals surface area (Å²) in [4.78, 5) is 65.4. The van der Waals surface area contributed by atoms with Crippen molar-refractivity contribution in [2.75, 3.05) is 55.8 Å². The van der Waals surface area contributed by atoms with Crippen molar-refractivity contribution in [3.63, 3.8) is 0 Å². The van der Waals surface area contributed by atoms with Gasteiger partial charge in [0.1, 0.15) is 31.4 Å². The molecule has 0 saturated carbocycles. The molecule has 2 aliphatic rings. The lowest BCUT2D eigenvalue weighted by molar-refractivity contribution is -0.144. The summed E-state index contributed by atoms with van der Waals surface area (Å²) in [5.74, 6) is -2.30. The Kier molecular flexibility index (Phi) is 11.4. The molecule has 0 aliphatic carbocycles. The maximum Gasteiger partial charge on any atom is 0.414 e. The number of nitrogens with two attached hydrogens (primary N) is 1. The summed E-state index contributed by atoms with van der Waals surface area (Å²) in [6, 6.07) is 6.20. The Balaban J connectivity index is 0.00000462. The molecule has 2 aromatic rings. The maximum atomic E-state index is 15.1. The Morgan fingerprint density at radius 1 is 1.27 bits per heavy atom. The summed E-state index contributed by atoms with van der Waals surface area (Å²) in [5.41, 5.74) is 5.55. The van der Waals surface area contributed by atoms with E-state index in [2.05, 4.69) is 0 Å². The Labute approximate surface area is 249 Å². The van der Waals surface area contributed by atoms with Gasteiger partial charge in [-0.2, -0.15) is 0 Å². The zero-order valence-corrected chi connectivity index (χ0v) is 23.9. The van der Waals surface area contributed by atoms with Crippen molar-refractivity contribution in [1.29, 1.82) is 0 Å². The lowest BCUT2D eigenvalue weighted by Crippen LogP contribution is -2.48. The number of hydrogen-bond acceptors (Lipinski definition) is 10. The molecular weight excluding hydrogens is 606 g/mol. The highest BCUT2D eigenvalue weighted by Gasteiger charge is 2.38. The van der Waals surface area contributed by atoms with E-state index in [9.17, 15) is 24.0 Å². The number of benzene rings is 1. The fourth-order valence-electron chi connectivity index (χ4n) is 4.32. The summed E-state index contributed by atoms with van der Waals surface area (Å²) in [6.07, 6.45) is -1.35. The van der Waals surface area contributed by atoms with Crippen molar-refractivity contribution in [2.24, 2.45) is 5.73 Å². The van der Waals surface area contributed by atoms with E-state index in [-0.39, 0.29) is 74.7 Å². The summed E-state index contributed by atoms with van der Waals surface area (Å²) >= 11 is 7.01.